The van der Waals surface area contributed by atoms with E-state index in [0.29, 0.717) is 6.61 Å². The molecule has 2 aromatic rings. The van der Waals surface area contributed by atoms with Crippen LogP contribution < -0.4 is 20.1 Å². The fraction of sp³-hybridized carbons (Fsp3) is 0.368. The van der Waals surface area contributed by atoms with Crippen LogP contribution in [0.2, 0.25) is 0 Å². The van der Waals surface area contributed by atoms with Crippen molar-refractivity contribution < 1.29 is 9.47 Å². The largest absolute Gasteiger partial charge is 0.493 e. The Balaban J connectivity index is 2.08. The van der Waals surface area contributed by atoms with Gasteiger partial charge < -0.3 is 20.1 Å². The van der Waals surface area contributed by atoms with Gasteiger partial charge in [-0.2, -0.15) is 0 Å². The van der Waals surface area contributed by atoms with Gasteiger partial charge in [-0.25, -0.2) is 0 Å². The van der Waals surface area contributed by atoms with Gasteiger partial charge in [-0.15, -0.1) is 0 Å². The maximum absolute atomic E-state index is 6.08. The van der Waals surface area contributed by atoms with Gasteiger partial charge in [-0.1, -0.05) is 46.3 Å². The Hall–Kier alpha value is -1.56. The molecule has 0 aliphatic carbocycles. The van der Waals surface area contributed by atoms with E-state index in [0.717, 1.165) is 53.2 Å². The summed E-state index contributed by atoms with van der Waals surface area (Å²) in [6.07, 6.45) is 1.09. The van der Waals surface area contributed by atoms with Crippen molar-refractivity contribution in [2.75, 3.05) is 27.2 Å². The molecule has 0 aliphatic heterocycles. The second-order valence-electron chi connectivity index (χ2n) is 5.50. The van der Waals surface area contributed by atoms with Crippen LogP contribution in [0.5, 0.6) is 11.5 Å². The molecule has 0 amide bonds. The summed E-state index contributed by atoms with van der Waals surface area (Å²) in [6.45, 7) is 3.22. The first-order chi connectivity index (χ1) is 11.7. The van der Waals surface area contributed by atoms with Crippen molar-refractivity contribution in [3.63, 3.8) is 0 Å². The molecule has 24 heavy (non-hydrogen) atoms. The zero-order valence-electron chi connectivity index (χ0n) is 14.3. The molecular formula is C19H25BrN2O2. The normalized spacial score (nSPS) is 10.6. The molecule has 0 spiro atoms. The van der Waals surface area contributed by atoms with Crippen LogP contribution in [-0.2, 0) is 13.2 Å². The Bertz CT molecular complexity index is 620. The maximum atomic E-state index is 6.08. The Morgan fingerprint density at radius 3 is 2.58 bits per heavy atom. The highest BCUT2D eigenvalue weighted by atomic mass is 79.9. The molecule has 0 atom stereocenters. The van der Waals surface area contributed by atoms with E-state index in [2.05, 4.69) is 44.8 Å². The van der Waals surface area contributed by atoms with Gasteiger partial charge in [0, 0.05) is 16.6 Å². The minimum atomic E-state index is 0.519. The van der Waals surface area contributed by atoms with Crippen LogP contribution in [0.1, 0.15) is 17.5 Å². The minimum absolute atomic E-state index is 0.519. The standard InChI is InChI=1S/C19H25BrN2O2/c1-21-9-6-10-22-13-16-11-17(20)12-18(23-2)19(16)24-14-15-7-4-3-5-8-15/h3-5,7-8,11-12,21-22H,6,9-10,13-14H2,1-2H3. The summed E-state index contributed by atoms with van der Waals surface area (Å²) < 4.78 is 12.6. The first-order valence-corrected chi connectivity index (χ1v) is 8.92. The fourth-order valence-corrected chi connectivity index (χ4v) is 2.90. The highest BCUT2D eigenvalue weighted by Crippen LogP contribution is 2.35. The van der Waals surface area contributed by atoms with Crippen LogP contribution in [0, 0.1) is 0 Å². The number of benzene rings is 2. The lowest BCUT2D eigenvalue weighted by atomic mass is 10.1. The smallest absolute Gasteiger partial charge is 0.166 e. The third kappa shape index (κ3) is 5.82. The predicted octanol–water partition coefficient (Wildman–Crippen LogP) is 3.74. The number of ether oxygens (including phenoxy) is 2. The average Bonchev–Trinajstić information content (AvgIpc) is 2.61. The molecule has 0 bridgehead atoms. The van der Waals surface area contributed by atoms with E-state index in [1.54, 1.807) is 7.11 Å². The van der Waals surface area contributed by atoms with Crippen molar-refractivity contribution in [1.82, 2.24) is 10.6 Å². The number of hydrogen-bond donors (Lipinski definition) is 2. The van der Waals surface area contributed by atoms with Crippen molar-refractivity contribution >= 4 is 15.9 Å². The van der Waals surface area contributed by atoms with Crippen molar-refractivity contribution in [1.29, 1.82) is 0 Å². The molecular weight excluding hydrogens is 368 g/mol. The van der Waals surface area contributed by atoms with Gasteiger partial charge in [0.2, 0.25) is 0 Å². The molecule has 130 valence electrons. The molecule has 0 radical (unpaired) electrons. The van der Waals surface area contributed by atoms with Gasteiger partial charge in [0.25, 0.3) is 0 Å². The van der Waals surface area contributed by atoms with Gasteiger partial charge in [-0.05, 0) is 44.3 Å². The summed E-state index contributed by atoms with van der Waals surface area (Å²) in [4.78, 5) is 0. The van der Waals surface area contributed by atoms with E-state index in [4.69, 9.17) is 9.47 Å². The fourth-order valence-electron chi connectivity index (χ4n) is 2.41. The highest BCUT2D eigenvalue weighted by molar-refractivity contribution is 9.10. The molecule has 0 unspecified atom stereocenters. The monoisotopic (exact) mass is 392 g/mol. The summed E-state index contributed by atoms with van der Waals surface area (Å²) in [6, 6.07) is 14.2. The Morgan fingerprint density at radius 1 is 1.08 bits per heavy atom. The lowest BCUT2D eigenvalue weighted by molar-refractivity contribution is 0.280. The topological polar surface area (TPSA) is 42.5 Å². The Kier molecular flexibility index (Phi) is 8.08. The number of rotatable bonds is 10. The molecule has 0 aromatic heterocycles. The molecule has 2 rings (SSSR count). The first-order valence-electron chi connectivity index (χ1n) is 8.13. The third-order valence-corrected chi connectivity index (χ3v) is 4.10. The zero-order valence-corrected chi connectivity index (χ0v) is 15.9. The third-order valence-electron chi connectivity index (χ3n) is 3.64. The van der Waals surface area contributed by atoms with E-state index < -0.39 is 0 Å². The number of hydrogen-bond acceptors (Lipinski definition) is 4. The highest BCUT2D eigenvalue weighted by Gasteiger charge is 2.13. The second-order valence-corrected chi connectivity index (χ2v) is 6.42. The summed E-state index contributed by atoms with van der Waals surface area (Å²) in [5, 5.41) is 6.61. The van der Waals surface area contributed by atoms with Gasteiger partial charge in [0.15, 0.2) is 11.5 Å². The van der Waals surface area contributed by atoms with Crippen molar-refractivity contribution in [2.45, 2.75) is 19.6 Å². The van der Waals surface area contributed by atoms with Crippen LogP contribution in [0.25, 0.3) is 0 Å². The molecule has 0 aliphatic rings. The van der Waals surface area contributed by atoms with Crippen LogP contribution in [0.4, 0.5) is 0 Å². The van der Waals surface area contributed by atoms with Crippen LogP contribution in [0.3, 0.4) is 0 Å². The van der Waals surface area contributed by atoms with E-state index in [1.165, 1.54) is 0 Å². The Morgan fingerprint density at radius 2 is 1.88 bits per heavy atom. The van der Waals surface area contributed by atoms with E-state index >= 15 is 0 Å². The SMILES string of the molecule is CNCCCNCc1cc(Br)cc(OC)c1OCc1ccccc1. The molecule has 0 saturated carbocycles. The van der Waals surface area contributed by atoms with Crippen LogP contribution >= 0.6 is 15.9 Å². The van der Waals surface area contributed by atoms with Gasteiger partial charge >= 0.3 is 0 Å². The maximum Gasteiger partial charge on any atom is 0.166 e. The molecule has 4 nitrogen and oxygen atoms in total. The predicted molar refractivity (Wildman–Crippen MR) is 102 cm³/mol. The van der Waals surface area contributed by atoms with Crippen LogP contribution in [0.15, 0.2) is 46.9 Å². The molecule has 0 saturated heterocycles. The van der Waals surface area contributed by atoms with E-state index in [9.17, 15) is 0 Å². The molecule has 0 heterocycles. The number of methoxy groups -OCH3 is 1. The lowest BCUT2D eigenvalue weighted by Crippen LogP contribution is -2.20. The summed E-state index contributed by atoms with van der Waals surface area (Å²) in [5.41, 5.74) is 2.22. The average molecular weight is 393 g/mol. The minimum Gasteiger partial charge on any atom is -0.493 e. The van der Waals surface area contributed by atoms with E-state index in [1.807, 2.05) is 31.3 Å². The first kappa shape index (κ1) is 18.8. The molecule has 2 aromatic carbocycles. The number of nitrogens with one attached hydrogen (secondary N) is 2. The number of halogens is 1. The lowest BCUT2D eigenvalue weighted by Gasteiger charge is -2.16. The zero-order chi connectivity index (χ0) is 17.2. The van der Waals surface area contributed by atoms with Gasteiger partial charge in [-0.3, -0.25) is 0 Å². The second kappa shape index (κ2) is 10.3. The quantitative estimate of drug-likeness (QED) is 0.604. The van der Waals surface area contributed by atoms with E-state index in [-0.39, 0.29) is 0 Å². The summed E-state index contributed by atoms with van der Waals surface area (Å²) >= 11 is 3.54. The molecule has 2 N–H and O–H groups in total. The van der Waals surface area contributed by atoms with Crippen LogP contribution in [-0.4, -0.2) is 27.2 Å². The van der Waals surface area contributed by atoms with Crippen molar-refractivity contribution in [3.05, 3.63) is 58.1 Å². The summed E-state index contributed by atoms with van der Waals surface area (Å²) in [5.74, 6) is 1.54. The van der Waals surface area contributed by atoms with Crippen molar-refractivity contribution in [2.24, 2.45) is 0 Å². The molecule has 0 fully saturated rings. The van der Waals surface area contributed by atoms with Crippen molar-refractivity contribution in [3.8, 4) is 11.5 Å². The Labute approximate surface area is 152 Å². The summed E-state index contributed by atoms with van der Waals surface area (Å²) in [7, 11) is 3.63. The van der Waals surface area contributed by atoms with Gasteiger partial charge in [0.05, 0.1) is 7.11 Å². The molecule has 5 heteroatoms. The van der Waals surface area contributed by atoms with Gasteiger partial charge in [0.1, 0.15) is 6.61 Å².